The minimum absolute atomic E-state index is 0.00421. The fourth-order valence-corrected chi connectivity index (χ4v) is 1.96. The quantitative estimate of drug-likeness (QED) is 0.777. The third-order valence-corrected chi connectivity index (χ3v) is 3.42. The summed E-state index contributed by atoms with van der Waals surface area (Å²) in [7, 11) is 0. The van der Waals surface area contributed by atoms with Crippen molar-refractivity contribution in [2.45, 2.75) is 32.0 Å². The van der Waals surface area contributed by atoms with Crippen LogP contribution in [-0.4, -0.2) is 24.7 Å². The molecule has 0 bridgehead atoms. The van der Waals surface area contributed by atoms with E-state index in [1.165, 1.54) is 0 Å². The maximum atomic E-state index is 12.0. The summed E-state index contributed by atoms with van der Waals surface area (Å²) in [4.78, 5) is 23.0. The second kappa shape index (κ2) is 6.89. The summed E-state index contributed by atoms with van der Waals surface area (Å²) < 4.78 is 36.0. The summed E-state index contributed by atoms with van der Waals surface area (Å²) in [5.41, 5.74) is 1.37. The zero-order chi connectivity index (χ0) is 17.0. The molecule has 1 atom stereocenters. The van der Waals surface area contributed by atoms with Crippen molar-refractivity contribution in [2.75, 3.05) is 11.9 Å². The maximum Gasteiger partial charge on any atom is 0.405 e. The number of hydrogen-bond acceptors (Lipinski definition) is 2. The number of benzene rings is 1. The van der Waals surface area contributed by atoms with Crippen molar-refractivity contribution in [1.82, 2.24) is 10.6 Å². The Morgan fingerprint density at radius 1 is 1.22 bits per heavy atom. The van der Waals surface area contributed by atoms with Crippen LogP contribution in [0.15, 0.2) is 24.3 Å². The van der Waals surface area contributed by atoms with Crippen LogP contribution in [0.5, 0.6) is 0 Å². The molecule has 8 heteroatoms. The van der Waals surface area contributed by atoms with Gasteiger partial charge in [0.1, 0.15) is 6.54 Å². The first-order valence-electron chi connectivity index (χ1n) is 7.26. The number of halogens is 3. The van der Waals surface area contributed by atoms with Crippen LogP contribution in [-0.2, 0) is 4.79 Å². The van der Waals surface area contributed by atoms with Gasteiger partial charge >= 0.3 is 12.2 Å². The number of urea groups is 1. The average molecular weight is 329 g/mol. The minimum atomic E-state index is -4.44. The predicted molar refractivity (Wildman–Crippen MR) is 78.8 cm³/mol. The standard InChI is InChI=1S/C15H18F3N3O2/c1-9(20-14(23)19-8-15(16,17)18)10-4-6-12(7-5-10)21-13(22)11-2-3-11/h4-7,9,11H,2-3,8H2,1H3,(H,21,22)(H2,19,20,23). The molecular weight excluding hydrogens is 311 g/mol. The Hall–Kier alpha value is -2.25. The normalized spacial score (nSPS) is 15.7. The van der Waals surface area contributed by atoms with E-state index in [-0.39, 0.29) is 11.8 Å². The number of carbonyl (C=O) groups is 2. The third kappa shape index (κ3) is 5.80. The summed E-state index contributed by atoms with van der Waals surface area (Å²) >= 11 is 0. The van der Waals surface area contributed by atoms with Crippen LogP contribution in [0, 0.1) is 5.92 Å². The van der Waals surface area contributed by atoms with Gasteiger partial charge in [0, 0.05) is 11.6 Å². The Morgan fingerprint density at radius 2 is 1.83 bits per heavy atom. The lowest BCUT2D eigenvalue weighted by molar-refractivity contribution is -0.122. The Labute approximate surface area is 131 Å². The summed E-state index contributed by atoms with van der Waals surface area (Å²) in [6, 6.07) is 5.45. The molecule has 1 aliphatic rings. The smallest absolute Gasteiger partial charge is 0.332 e. The molecule has 0 aromatic heterocycles. The molecule has 5 nitrogen and oxygen atoms in total. The predicted octanol–water partition coefficient (Wildman–Crippen LogP) is 2.96. The van der Waals surface area contributed by atoms with Crippen molar-refractivity contribution < 1.29 is 22.8 Å². The van der Waals surface area contributed by atoms with Gasteiger partial charge in [-0.15, -0.1) is 0 Å². The highest BCUT2D eigenvalue weighted by Gasteiger charge is 2.29. The minimum Gasteiger partial charge on any atom is -0.332 e. The monoisotopic (exact) mass is 329 g/mol. The molecule has 1 aromatic carbocycles. The number of carbonyl (C=O) groups excluding carboxylic acids is 2. The molecule has 1 saturated carbocycles. The highest BCUT2D eigenvalue weighted by Crippen LogP contribution is 2.30. The average Bonchev–Trinajstić information content (AvgIpc) is 3.29. The van der Waals surface area contributed by atoms with Gasteiger partial charge in [-0.1, -0.05) is 12.1 Å². The Kier molecular flexibility index (Phi) is 5.12. The number of anilines is 1. The Morgan fingerprint density at radius 3 is 2.35 bits per heavy atom. The summed E-state index contributed by atoms with van der Waals surface area (Å²) in [6.45, 7) is 0.280. The summed E-state index contributed by atoms with van der Waals surface area (Å²) in [5.74, 6) is 0.100. The van der Waals surface area contributed by atoms with E-state index >= 15 is 0 Å². The van der Waals surface area contributed by atoms with E-state index in [0.717, 1.165) is 18.4 Å². The molecule has 0 radical (unpaired) electrons. The van der Waals surface area contributed by atoms with E-state index in [0.29, 0.717) is 5.69 Å². The highest BCUT2D eigenvalue weighted by molar-refractivity contribution is 5.94. The van der Waals surface area contributed by atoms with Crippen molar-refractivity contribution in [3.63, 3.8) is 0 Å². The first-order chi connectivity index (χ1) is 10.7. The van der Waals surface area contributed by atoms with Gasteiger partial charge in [-0.25, -0.2) is 4.79 Å². The second-order valence-corrected chi connectivity index (χ2v) is 5.55. The molecule has 3 N–H and O–H groups in total. The highest BCUT2D eigenvalue weighted by atomic mass is 19.4. The van der Waals surface area contributed by atoms with Gasteiger partial charge in [0.25, 0.3) is 0 Å². The maximum absolute atomic E-state index is 12.0. The number of hydrogen-bond donors (Lipinski definition) is 3. The van der Waals surface area contributed by atoms with Crippen LogP contribution in [0.4, 0.5) is 23.7 Å². The first kappa shape index (κ1) is 17.1. The molecule has 0 aliphatic heterocycles. The van der Waals surface area contributed by atoms with E-state index in [4.69, 9.17) is 0 Å². The fourth-order valence-electron chi connectivity index (χ4n) is 1.96. The molecule has 23 heavy (non-hydrogen) atoms. The SMILES string of the molecule is CC(NC(=O)NCC(F)(F)F)c1ccc(NC(=O)C2CC2)cc1. The van der Waals surface area contributed by atoms with Crippen molar-refractivity contribution in [1.29, 1.82) is 0 Å². The van der Waals surface area contributed by atoms with Crippen molar-refractivity contribution in [2.24, 2.45) is 5.92 Å². The van der Waals surface area contributed by atoms with E-state index < -0.39 is 24.8 Å². The van der Waals surface area contributed by atoms with Crippen LogP contribution in [0.1, 0.15) is 31.4 Å². The van der Waals surface area contributed by atoms with E-state index in [2.05, 4.69) is 10.6 Å². The fraction of sp³-hybridized carbons (Fsp3) is 0.467. The van der Waals surface area contributed by atoms with Crippen molar-refractivity contribution in [3.8, 4) is 0 Å². The largest absolute Gasteiger partial charge is 0.405 e. The Balaban J connectivity index is 1.83. The summed E-state index contributed by atoms with van der Waals surface area (Å²) in [6.07, 6.45) is -2.61. The van der Waals surface area contributed by atoms with Crippen LogP contribution in [0.2, 0.25) is 0 Å². The number of alkyl halides is 3. The molecule has 0 saturated heterocycles. The molecule has 1 aromatic rings. The summed E-state index contributed by atoms with van der Waals surface area (Å²) in [5, 5.41) is 6.95. The molecule has 1 aliphatic carbocycles. The van der Waals surface area contributed by atoms with Gasteiger partial charge in [0.15, 0.2) is 0 Å². The van der Waals surface area contributed by atoms with E-state index in [9.17, 15) is 22.8 Å². The van der Waals surface area contributed by atoms with Gasteiger partial charge in [0.2, 0.25) is 5.91 Å². The van der Waals surface area contributed by atoms with Crippen molar-refractivity contribution >= 4 is 17.6 Å². The van der Waals surface area contributed by atoms with Gasteiger partial charge in [0.05, 0.1) is 6.04 Å². The molecular formula is C15H18F3N3O2. The molecule has 2 rings (SSSR count). The van der Waals surface area contributed by atoms with Gasteiger partial charge in [-0.2, -0.15) is 13.2 Å². The van der Waals surface area contributed by atoms with Crippen molar-refractivity contribution in [3.05, 3.63) is 29.8 Å². The van der Waals surface area contributed by atoms with Crippen LogP contribution in [0.25, 0.3) is 0 Å². The molecule has 1 fully saturated rings. The zero-order valence-corrected chi connectivity index (χ0v) is 12.5. The molecule has 1 unspecified atom stereocenters. The third-order valence-electron chi connectivity index (χ3n) is 3.42. The lowest BCUT2D eigenvalue weighted by atomic mass is 10.1. The molecule has 0 spiro atoms. The molecule has 126 valence electrons. The Bertz CT molecular complexity index is 568. The lowest BCUT2D eigenvalue weighted by Gasteiger charge is -2.16. The second-order valence-electron chi connectivity index (χ2n) is 5.55. The van der Waals surface area contributed by atoms with Crippen LogP contribution in [0.3, 0.4) is 0 Å². The topological polar surface area (TPSA) is 70.2 Å². The van der Waals surface area contributed by atoms with E-state index in [1.54, 1.807) is 36.5 Å². The van der Waals surface area contributed by atoms with Gasteiger partial charge in [-0.3, -0.25) is 4.79 Å². The van der Waals surface area contributed by atoms with Crippen LogP contribution >= 0.6 is 0 Å². The van der Waals surface area contributed by atoms with Crippen LogP contribution < -0.4 is 16.0 Å². The molecule has 3 amide bonds. The van der Waals surface area contributed by atoms with Gasteiger partial charge < -0.3 is 16.0 Å². The number of amides is 3. The first-order valence-corrected chi connectivity index (χ1v) is 7.26. The number of rotatable bonds is 5. The lowest BCUT2D eigenvalue weighted by Crippen LogP contribution is -2.41. The zero-order valence-electron chi connectivity index (χ0n) is 12.5. The number of nitrogens with one attached hydrogen (secondary N) is 3. The molecule has 0 heterocycles. The van der Waals surface area contributed by atoms with Gasteiger partial charge in [-0.05, 0) is 37.5 Å². The van der Waals surface area contributed by atoms with E-state index in [1.807, 2.05) is 0 Å².